The average molecular weight is 548 g/mol. The molecule has 1 aliphatic heterocycles. The molecule has 0 unspecified atom stereocenters. The second-order valence-electron chi connectivity index (χ2n) is 8.72. The molecule has 2 aromatic heterocycles. The summed E-state index contributed by atoms with van der Waals surface area (Å²) in [5.74, 6) is -0.159. The largest absolute Gasteiger partial charge is 0.496 e. The van der Waals surface area contributed by atoms with E-state index in [0.29, 0.717) is 23.4 Å². The van der Waals surface area contributed by atoms with E-state index in [1.54, 1.807) is 30.5 Å². The lowest BCUT2D eigenvalue weighted by molar-refractivity contribution is 0.0992. The standard InChI is InChI=1S/C27H26BrN5O3/c1-36-24-10-3-2-8-20(24)26(34)31-30-25-21-15-19(28)11-12-23(21)33(27(25)35)17-32-14-5-4-9-22(32)18-7-6-13-29-16-18/h2-3,6-8,10-13,15-16,22,35H,4-5,9,14,17H2,1H3/t22-/m1/s1. The molecule has 1 amide bonds. The maximum Gasteiger partial charge on any atom is 0.299 e. The van der Waals surface area contributed by atoms with Crippen molar-refractivity contribution in [1.82, 2.24) is 14.5 Å². The number of ether oxygens (including phenoxy) is 1. The van der Waals surface area contributed by atoms with Crippen molar-refractivity contribution in [3.05, 3.63) is 82.6 Å². The number of carbonyl (C=O) groups excluding carboxylic acids is 1. The van der Waals surface area contributed by atoms with E-state index < -0.39 is 5.91 Å². The van der Waals surface area contributed by atoms with Gasteiger partial charge in [0.2, 0.25) is 5.88 Å². The van der Waals surface area contributed by atoms with Gasteiger partial charge in [-0.3, -0.25) is 19.2 Å². The smallest absolute Gasteiger partial charge is 0.299 e. The van der Waals surface area contributed by atoms with E-state index in [1.807, 2.05) is 35.0 Å². The number of azo groups is 1. The van der Waals surface area contributed by atoms with Crippen LogP contribution in [0.15, 0.2) is 81.7 Å². The van der Waals surface area contributed by atoms with Crippen molar-refractivity contribution in [3.63, 3.8) is 0 Å². The van der Waals surface area contributed by atoms with Gasteiger partial charge in [-0.05, 0) is 54.8 Å². The first-order valence-electron chi connectivity index (χ1n) is 11.8. The Labute approximate surface area is 217 Å². The number of para-hydroxylation sites is 1. The minimum absolute atomic E-state index is 0.0322. The zero-order valence-electron chi connectivity index (χ0n) is 19.8. The normalized spacial score (nSPS) is 16.6. The molecular weight excluding hydrogens is 522 g/mol. The van der Waals surface area contributed by atoms with Gasteiger partial charge < -0.3 is 9.84 Å². The van der Waals surface area contributed by atoms with E-state index in [-0.39, 0.29) is 17.6 Å². The highest BCUT2D eigenvalue weighted by Crippen LogP contribution is 2.41. The van der Waals surface area contributed by atoms with Crippen LogP contribution in [0.25, 0.3) is 10.9 Å². The molecule has 0 saturated carbocycles. The maximum atomic E-state index is 12.8. The number of nitrogens with zero attached hydrogens (tertiary/aromatic N) is 5. The van der Waals surface area contributed by atoms with Crippen molar-refractivity contribution in [2.75, 3.05) is 13.7 Å². The van der Waals surface area contributed by atoms with E-state index >= 15 is 0 Å². The van der Waals surface area contributed by atoms with Crippen LogP contribution in [0.1, 0.15) is 41.2 Å². The number of benzene rings is 2. The second kappa shape index (κ2) is 10.6. The molecule has 0 spiro atoms. The molecule has 9 heteroatoms. The van der Waals surface area contributed by atoms with Gasteiger partial charge in [-0.2, -0.15) is 0 Å². The number of methoxy groups -OCH3 is 1. The lowest BCUT2D eigenvalue weighted by atomic mass is 9.97. The number of aromatic hydroxyl groups is 1. The summed E-state index contributed by atoms with van der Waals surface area (Å²) in [6.45, 7) is 1.37. The van der Waals surface area contributed by atoms with Crippen molar-refractivity contribution in [1.29, 1.82) is 0 Å². The number of pyridine rings is 1. The van der Waals surface area contributed by atoms with Crippen LogP contribution in [0.4, 0.5) is 5.69 Å². The monoisotopic (exact) mass is 547 g/mol. The lowest BCUT2D eigenvalue weighted by Crippen LogP contribution is -2.34. The molecule has 1 saturated heterocycles. The van der Waals surface area contributed by atoms with E-state index in [0.717, 1.165) is 35.8 Å². The molecule has 1 aliphatic rings. The fraction of sp³-hybridized carbons (Fsp3) is 0.259. The predicted molar refractivity (Wildman–Crippen MR) is 141 cm³/mol. The van der Waals surface area contributed by atoms with Gasteiger partial charge in [0.1, 0.15) is 5.75 Å². The first-order valence-corrected chi connectivity index (χ1v) is 12.6. The Morgan fingerprint density at radius 1 is 1.19 bits per heavy atom. The van der Waals surface area contributed by atoms with Gasteiger partial charge in [-0.15, -0.1) is 10.2 Å². The Balaban J connectivity index is 1.51. The van der Waals surface area contributed by atoms with Crippen LogP contribution < -0.4 is 4.74 Å². The molecule has 184 valence electrons. The minimum Gasteiger partial charge on any atom is -0.496 e. The van der Waals surface area contributed by atoms with Crippen molar-refractivity contribution < 1.29 is 14.6 Å². The van der Waals surface area contributed by atoms with Crippen LogP contribution in [-0.4, -0.2) is 39.1 Å². The molecule has 1 fully saturated rings. The Morgan fingerprint density at radius 3 is 2.86 bits per heavy atom. The molecule has 1 atom stereocenters. The predicted octanol–water partition coefficient (Wildman–Crippen LogP) is 6.62. The fourth-order valence-corrected chi connectivity index (χ4v) is 5.16. The number of carbonyl (C=O) groups is 1. The van der Waals surface area contributed by atoms with Crippen LogP contribution >= 0.6 is 15.9 Å². The van der Waals surface area contributed by atoms with Crippen molar-refractivity contribution >= 4 is 38.4 Å². The highest BCUT2D eigenvalue weighted by Gasteiger charge is 2.27. The number of likely N-dealkylation sites (tertiary alicyclic amines) is 1. The number of fused-ring (bicyclic) bond motifs is 1. The molecule has 1 N–H and O–H groups in total. The van der Waals surface area contributed by atoms with Gasteiger partial charge in [0.15, 0.2) is 5.69 Å². The van der Waals surface area contributed by atoms with Gasteiger partial charge in [0.05, 0.1) is 24.9 Å². The lowest BCUT2D eigenvalue weighted by Gasteiger charge is -2.36. The van der Waals surface area contributed by atoms with E-state index in [1.165, 1.54) is 12.7 Å². The van der Waals surface area contributed by atoms with Gasteiger partial charge in [-0.25, -0.2) is 0 Å². The molecule has 5 rings (SSSR count). The third kappa shape index (κ3) is 4.76. The average Bonchev–Trinajstić information content (AvgIpc) is 3.17. The number of aromatic nitrogens is 2. The zero-order valence-corrected chi connectivity index (χ0v) is 21.4. The van der Waals surface area contributed by atoms with E-state index in [4.69, 9.17) is 4.74 Å². The van der Waals surface area contributed by atoms with E-state index in [2.05, 4.69) is 42.1 Å². The molecule has 0 bridgehead atoms. The summed E-state index contributed by atoms with van der Waals surface area (Å²) in [5.41, 5.74) is 2.54. The topological polar surface area (TPSA) is 92.3 Å². The molecule has 8 nitrogen and oxygen atoms in total. The van der Waals surface area contributed by atoms with Crippen LogP contribution in [0, 0.1) is 0 Å². The first-order chi connectivity index (χ1) is 17.6. The maximum absolute atomic E-state index is 12.8. The Hall–Kier alpha value is -3.56. The minimum atomic E-state index is -0.546. The third-order valence-electron chi connectivity index (χ3n) is 6.56. The third-order valence-corrected chi connectivity index (χ3v) is 7.05. The molecule has 0 radical (unpaired) electrons. The summed E-state index contributed by atoms with van der Waals surface area (Å²) >= 11 is 3.51. The number of halogens is 1. The van der Waals surface area contributed by atoms with Crippen LogP contribution in [0.2, 0.25) is 0 Å². The molecule has 4 aromatic rings. The number of amides is 1. The molecule has 3 heterocycles. The van der Waals surface area contributed by atoms with Crippen molar-refractivity contribution in [3.8, 4) is 11.6 Å². The summed E-state index contributed by atoms with van der Waals surface area (Å²) in [5, 5.41) is 20.1. The van der Waals surface area contributed by atoms with Crippen molar-refractivity contribution in [2.24, 2.45) is 10.2 Å². The Morgan fingerprint density at radius 2 is 2.06 bits per heavy atom. The van der Waals surface area contributed by atoms with Gasteiger partial charge >= 0.3 is 0 Å². The fourth-order valence-electron chi connectivity index (χ4n) is 4.80. The van der Waals surface area contributed by atoms with Gasteiger partial charge in [-0.1, -0.05) is 40.5 Å². The SMILES string of the molecule is COc1ccccc1C(=O)N=Nc1c(O)n(CN2CCCC[C@@H]2c2cccnc2)c2ccc(Br)cc12. The summed E-state index contributed by atoms with van der Waals surface area (Å²) < 4.78 is 7.94. The van der Waals surface area contributed by atoms with Crippen LogP contribution in [-0.2, 0) is 6.67 Å². The molecular formula is C27H26BrN5O3. The molecule has 36 heavy (non-hydrogen) atoms. The summed E-state index contributed by atoms with van der Waals surface area (Å²) in [6.07, 6.45) is 6.95. The number of hydrogen-bond acceptors (Lipinski definition) is 6. The quantitative estimate of drug-likeness (QED) is 0.274. The number of rotatable bonds is 6. The van der Waals surface area contributed by atoms with Crippen LogP contribution in [0.3, 0.4) is 0 Å². The molecule has 2 aromatic carbocycles. The highest BCUT2D eigenvalue weighted by molar-refractivity contribution is 9.10. The Bertz CT molecular complexity index is 1420. The summed E-state index contributed by atoms with van der Waals surface area (Å²) in [7, 11) is 1.50. The first kappa shape index (κ1) is 24.1. The molecule has 0 aliphatic carbocycles. The van der Waals surface area contributed by atoms with Crippen LogP contribution in [0.5, 0.6) is 11.6 Å². The summed E-state index contributed by atoms with van der Waals surface area (Å²) in [6, 6.07) is 16.8. The van der Waals surface area contributed by atoms with Gasteiger partial charge in [0.25, 0.3) is 5.91 Å². The second-order valence-corrected chi connectivity index (χ2v) is 9.63. The van der Waals surface area contributed by atoms with Crippen molar-refractivity contribution in [2.45, 2.75) is 32.0 Å². The number of hydrogen-bond donors (Lipinski definition) is 1. The Kier molecular flexibility index (Phi) is 7.11. The number of piperidine rings is 1. The highest BCUT2D eigenvalue weighted by atomic mass is 79.9. The zero-order chi connectivity index (χ0) is 25.1. The summed E-state index contributed by atoms with van der Waals surface area (Å²) in [4.78, 5) is 19.4. The van der Waals surface area contributed by atoms with Gasteiger partial charge in [0, 0.05) is 34.8 Å². The van der Waals surface area contributed by atoms with E-state index in [9.17, 15) is 9.90 Å².